The molecule has 0 saturated carbocycles. The zero-order chi connectivity index (χ0) is 11.8. The molecule has 1 aromatic rings. The first-order valence-electron chi connectivity index (χ1n) is 5.38. The summed E-state index contributed by atoms with van der Waals surface area (Å²) in [6, 6.07) is 4.04. The van der Waals surface area contributed by atoms with Crippen molar-refractivity contribution in [1.29, 1.82) is 0 Å². The minimum atomic E-state index is -0.266. The number of thiophene rings is 1. The van der Waals surface area contributed by atoms with E-state index in [2.05, 4.69) is 6.92 Å². The first kappa shape index (κ1) is 13.5. The fourth-order valence-electron chi connectivity index (χ4n) is 1.36. The molecule has 0 aliphatic carbocycles. The lowest BCUT2D eigenvalue weighted by Gasteiger charge is -2.13. The second kappa shape index (κ2) is 7.70. The van der Waals surface area contributed by atoms with E-state index in [9.17, 15) is 4.79 Å². The van der Waals surface area contributed by atoms with Gasteiger partial charge in [0.2, 0.25) is 5.91 Å². The minimum Gasteiger partial charge on any atom is -0.289 e. The van der Waals surface area contributed by atoms with Crippen molar-refractivity contribution in [2.24, 2.45) is 5.92 Å². The van der Waals surface area contributed by atoms with Gasteiger partial charge in [0.25, 0.3) is 0 Å². The van der Waals surface area contributed by atoms with Crippen molar-refractivity contribution in [3.63, 3.8) is 0 Å². The van der Waals surface area contributed by atoms with Crippen LogP contribution in [0.1, 0.15) is 26.2 Å². The van der Waals surface area contributed by atoms with Crippen molar-refractivity contribution in [3.8, 4) is 0 Å². The number of carbonyl (C=O) groups is 1. The molecule has 0 saturated heterocycles. The maximum atomic E-state index is 11.4. The van der Waals surface area contributed by atoms with Gasteiger partial charge in [0.1, 0.15) is 0 Å². The van der Waals surface area contributed by atoms with Gasteiger partial charge >= 0.3 is 0 Å². The molecule has 0 radical (unpaired) electrons. The van der Waals surface area contributed by atoms with Gasteiger partial charge in [0, 0.05) is 11.7 Å². The molecule has 0 bridgehead atoms. The number of carbonyl (C=O) groups excluding carboxylic acids is 1. The maximum Gasteiger partial charge on any atom is 0.247 e. The summed E-state index contributed by atoms with van der Waals surface area (Å²) in [5.41, 5.74) is 1.76. The van der Waals surface area contributed by atoms with E-state index in [1.165, 1.54) is 4.21 Å². The molecule has 2 N–H and O–H groups in total. The molecular weight excluding hydrogens is 242 g/mol. The van der Waals surface area contributed by atoms with Crippen molar-refractivity contribution >= 4 is 29.0 Å². The van der Waals surface area contributed by atoms with Crippen molar-refractivity contribution in [1.82, 2.24) is 5.48 Å². The van der Waals surface area contributed by atoms with E-state index in [0.717, 1.165) is 25.0 Å². The van der Waals surface area contributed by atoms with E-state index < -0.39 is 0 Å². The molecule has 1 amide bonds. The number of hydrogen-bond donors (Lipinski definition) is 2. The van der Waals surface area contributed by atoms with Gasteiger partial charge in [-0.05, 0) is 17.9 Å². The van der Waals surface area contributed by atoms with Crippen molar-refractivity contribution in [3.05, 3.63) is 17.5 Å². The second-order valence-electron chi connectivity index (χ2n) is 3.56. The zero-order valence-electron chi connectivity index (χ0n) is 9.31. The predicted octanol–water partition coefficient (Wildman–Crippen LogP) is 3.15. The van der Waals surface area contributed by atoms with Crippen LogP contribution in [-0.2, 0) is 4.79 Å². The molecule has 1 rings (SSSR count). The van der Waals surface area contributed by atoms with Gasteiger partial charge in [-0.15, -0.1) is 23.1 Å². The average Bonchev–Trinajstić information content (AvgIpc) is 2.81. The van der Waals surface area contributed by atoms with Gasteiger partial charge in [-0.2, -0.15) is 0 Å². The molecular formula is C11H17NO2S2. The van der Waals surface area contributed by atoms with Crippen LogP contribution in [0.2, 0.25) is 0 Å². The summed E-state index contributed by atoms with van der Waals surface area (Å²) < 4.78 is 1.22. The summed E-state index contributed by atoms with van der Waals surface area (Å²) in [4.78, 5) is 11.4. The Morgan fingerprint density at radius 3 is 3.06 bits per heavy atom. The number of hydroxylamine groups is 1. The Balaban J connectivity index is 2.40. The van der Waals surface area contributed by atoms with Gasteiger partial charge in [-0.3, -0.25) is 10.0 Å². The third-order valence-corrected chi connectivity index (χ3v) is 4.60. The van der Waals surface area contributed by atoms with Crippen molar-refractivity contribution in [2.75, 3.05) is 5.75 Å². The second-order valence-corrected chi connectivity index (χ2v) is 5.83. The van der Waals surface area contributed by atoms with E-state index in [0.29, 0.717) is 0 Å². The van der Waals surface area contributed by atoms with Crippen LogP contribution in [-0.4, -0.2) is 16.9 Å². The van der Waals surface area contributed by atoms with Gasteiger partial charge in [-0.1, -0.05) is 25.8 Å². The third kappa shape index (κ3) is 4.55. The summed E-state index contributed by atoms with van der Waals surface area (Å²) in [6.45, 7) is 2.10. The fourth-order valence-corrected chi connectivity index (χ4v) is 3.31. The largest absolute Gasteiger partial charge is 0.289 e. The topological polar surface area (TPSA) is 49.3 Å². The molecule has 5 heteroatoms. The number of hydrogen-bond acceptors (Lipinski definition) is 4. The monoisotopic (exact) mass is 259 g/mol. The first-order chi connectivity index (χ1) is 7.77. The van der Waals surface area contributed by atoms with Crippen molar-refractivity contribution < 1.29 is 10.0 Å². The molecule has 1 atom stereocenters. The summed E-state index contributed by atoms with van der Waals surface area (Å²) in [5.74, 6) is 0.363. The van der Waals surface area contributed by atoms with Crippen molar-refractivity contribution in [2.45, 2.75) is 30.4 Å². The van der Waals surface area contributed by atoms with Crippen LogP contribution in [0, 0.1) is 5.92 Å². The number of unbranched alkanes of at least 4 members (excludes halogenated alkanes) is 1. The SMILES string of the molecule is CCCCC(CSc1cccs1)C(=O)NO. The van der Waals surface area contributed by atoms with Crippen LogP contribution in [0.5, 0.6) is 0 Å². The van der Waals surface area contributed by atoms with Gasteiger partial charge in [0.05, 0.1) is 4.21 Å². The summed E-state index contributed by atoms with van der Waals surface area (Å²) in [7, 11) is 0. The van der Waals surface area contributed by atoms with Crippen LogP contribution >= 0.6 is 23.1 Å². The molecule has 3 nitrogen and oxygen atoms in total. The molecule has 1 heterocycles. The highest BCUT2D eigenvalue weighted by Crippen LogP contribution is 2.27. The van der Waals surface area contributed by atoms with E-state index in [-0.39, 0.29) is 11.8 Å². The smallest absolute Gasteiger partial charge is 0.247 e. The molecule has 1 unspecified atom stereocenters. The van der Waals surface area contributed by atoms with Gasteiger partial charge < -0.3 is 0 Å². The predicted molar refractivity (Wildman–Crippen MR) is 68.0 cm³/mol. The molecule has 90 valence electrons. The molecule has 1 aromatic heterocycles. The summed E-state index contributed by atoms with van der Waals surface area (Å²) >= 11 is 3.35. The van der Waals surface area contributed by atoms with Crippen LogP contribution in [0.3, 0.4) is 0 Å². The highest BCUT2D eigenvalue weighted by molar-refractivity contribution is 8.01. The number of thioether (sulfide) groups is 1. The summed E-state index contributed by atoms with van der Waals surface area (Å²) in [5, 5.41) is 10.7. The number of rotatable bonds is 7. The number of nitrogens with one attached hydrogen (secondary N) is 1. The van der Waals surface area contributed by atoms with Crippen LogP contribution in [0.25, 0.3) is 0 Å². The Morgan fingerprint density at radius 2 is 2.50 bits per heavy atom. The maximum absolute atomic E-state index is 11.4. The molecule has 0 spiro atoms. The lowest BCUT2D eigenvalue weighted by Crippen LogP contribution is -2.29. The molecule has 0 aliphatic rings. The van der Waals surface area contributed by atoms with E-state index in [1.54, 1.807) is 28.6 Å². The Hall–Kier alpha value is -0.520. The fraction of sp³-hybridized carbons (Fsp3) is 0.545. The van der Waals surface area contributed by atoms with E-state index >= 15 is 0 Å². The van der Waals surface area contributed by atoms with Crippen LogP contribution in [0.15, 0.2) is 21.7 Å². The molecule has 0 aliphatic heterocycles. The Labute approximate surface area is 104 Å². The van der Waals surface area contributed by atoms with Gasteiger partial charge in [0.15, 0.2) is 0 Å². The first-order valence-corrected chi connectivity index (χ1v) is 7.24. The lowest BCUT2D eigenvalue weighted by atomic mass is 10.0. The van der Waals surface area contributed by atoms with E-state index in [4.69, 9.17) is 5.21 Å². The standard InChI is InChI=1S/C11H17NO2S2/c1-2-3-5-9(11(13)12-14)8-16-10-6-4-7-15-10/h4,6-7,9,14H,2-3,5,8H2,1H3,(H,12,13). The van der Waals surface area contributed by atoms with Crippen LogP contribution in [0.4, 0.5) is 0 Å². The molecule has 16 heavy (non-hydrogen) atoms. The molecule has 0 fully saturated rings. The Kier molecular flexibility index (Phi) is 6.52. The quantitative estimate of drug-likeness (QED) is 0.449. The average molecular weight is 259 g/mol. The highest BCUT2D eigenvalue weighted by Gasteiger charge is 2.17. The minimum absolute atomic E-state index is 0.1000. The highest BCUT2D eigenvalue weighted by atomic mass is 32.2. The van der Waals surface area contributed by atoms with E-state index in [1.807, 2.05) is 17.5 Å². The Morgan fingerprint density at radius 1 is 1.69 bits per heavy atom. The Bertz CT molecular complexity index is 301. The van der Waals surface area contributed by atoms with Crippen LogP contribution < -0.4 is 5.48 Å². The third-order valence-electron chi connectivity index (χ3n) is 2.31. The van der Waals surface area contributed by atoms with Gasteiger partial charge in [-0.25, -0.2) is 5.48 Å². The zero-order valence-corrected chi connectivity index (χ0v) is 10.9. The summed E-state index contributed by atoms with van der Waals surface area (Å²) in [6.07, 6.45) is 2.92. The number of amides is 1. The molecule has 0 aromatic carbocycles. The lowest BCUT2D eigenvalue weighted by molar-refractivity contribution is -0.132. The normalized spacial score (nSPS) is 12.4.